The third-order valence-corrected chi connectivity index (χ3v) is 1.64. The Morgan fingerprint density at radius 1 is 1.42 bits per heavy atom. The fourth-order valence-corrected chi connectivity index (χ4v) is 1.01. The van der Waals surface area contributed by atoms with Crippen LogP contribution in [0, 0.1) is 0 Å². The van der Waals surface area contributed by atoms with E-state index in [4.69, 9.17) is 9.84 Å². The smallest absolute Gasteiger partial charge is 0.0671 e. The van der Waals surface area contributed by atoms with E-state index in [0.717, 1.165) is 32.5 Å². The van der Waals surface area contributed by atoms with Gasteiger partial charge < -0.3 is 15.2 Å². The number of ether oxygens (including phenoxy) is 1. The number of aliphatic hydroxyl groups is 1. The van der Waals surface area contributed by atoms with Crippen LogP contribution in [0.25, 0.3) is 0 Å². The minimum absolute atomic E-state index is 0.294. The lowest BCUT2D eigenvalue weighted by Gasteiger charge is -2.11. The van der Waals surface area contributed by atoms with Crippen molar-refractivity contribution in [1.82, 2.24) is 5.32 Å². The molecule has 0 fully saturated rings. The van der Waals surface area contributed by atoms with E-state index in [1.165, 1.54) is 0 Å². The molecule has 0 aliphatic heterocycles. The molecule has 0 aromatic carbocycles. The quantitative estimate of drug-likeness (QED) is 0.535. The minimum atomic E-state index is 0.294. The normalized spacial score (nSPS) is 13.2. The molecule has 0 heterocycles. The van der Waals surface area contributed by atoms with E-state index in [2.05, 4.69) is 12.2 Å². The minimum Gasteiger partial charge on any atom is -0.396 e. The lowest BCUT2D eigenvalue weighted by atomic mass is 10.3. The SMILES string of the molecule is CCOC(C)CNCCCCO. The van der Waals surface area contributed by atoms with Gasteiger partial charge in [-0.3, -0.25) is 0 Å². The molecule has 0 aromatic heterocycles. The first-order valence-corrected chi connectivity index (χ1v) is 4.74. The van der Waals surface area contributed by atoms with Crippen molar-refractivity contribution in [2.24, 2.45) is 0 Å². The summed E-state index contributed by atoms with van der Waals surface area (Å²) < 4.78 is 5.34. The van der Waals surface area contributed by atoms with Crippen LogP contribution in [0.5, 0.6) is 0 Å². The van der Waals surface area contributed by atoms with Gasteiger partial charge in [-0.15, -0.1) is 0 Å². The number of aliphatic hydroxyl groups excluding tert-OH is 1. The zero-order valence-corrected chi connectivity index (χ0v) is 8.18. The molecule has 0 saturated heterocycles. The third-order valence-electron chi connectivity index (χ3n) is 1.64. The van der Waals surface area contributed by atoms with Crippen molar-refractivity contribution in [2.75, 3.05) is 26.3 Å². The first-order valence-electron chi connectivity index (χ1n) is 4.74. The maximum absolute atomic E-state index is 8.51. The molecule has 1 atom stereocenters. The van der Waals surface area contributed by atoms with Crippen molar-refractivity contribution in [3.05, 3.63) is 0 Å². The third kappa shape index (κ3) is 7.98. The molecule has 0 aliphatic carbocycles. The van der Waals surface area contributed by atoms with Gasteiger partial charge in [0, 0.05) is 19.8 Å². The van der Waals surface area contributed by atoms with Gasteiger partial charge in [-0.1, -0.05) is 0 Å². The number of unbranched alkanes of at least 4 members (excludes halogenated alkanes) is 1. The molecule has 0 saturated carbocycles. The van der Waals surface area contributed by atoms with Crippen LogP contribution in [0.1, 0.15) is 26.7 Å². The summed E-state index contributed by atoms with van der Waals surface area (Å²) in [6, 6.07) is 0. The summed E-state index contributed by atoms with van der Waals surface area (Å²) in [6.07, 6.45) is 2.22. The molecule has 0 amide bonds. The first-order chi connectivity index (χ1) is 5.81. The molecule has 74 valence electrons. The van der Waals surface area contributed by atoms with E-state index in [-0.39, 0.29) is 0 Å². The maximum atomic E-state index is 8.51. The average molecular weight is 175 g/mol. The van der Waals surface area contributed by atoms with Gasteiger partial charge in [0.1, 0.15) is 0 Å². The Hall–Kier alpha value is -0.120. The number of rotatable bonds is 8. The number of nitrogens with one attached hydrogen (secondary N) is 1. The highest BCUT2D eigenvalue weighted by Crippen LogP contribution is 1.88. The summed E-state index contributed by atoms with van der Waals surface area (Å²) in [7, 11) is 0. The van der Waals surface area contributed by atoms with Gasteiger partial charge in [0.25, 0.3) is 0 Å². The van der Waals surface area contributed by atoms with Crippen LogP contribution in [0.2, 0.25) is 0 Å². The highest BCUT2D eigenvalue weighted by atomic mass is 16.5. The lowest BCUT2D eigenvalue weighted by Crippen LogP contribution is -2.27. The van der Waals surface area contributed by atoms with Gasteiger partial charge in [0.05, 0.1) is 6.10 Å². The molecular weight excluding hydrogens is 154 g/mol. The standard InChI is InChI=1S/C9H21NO2/c1-3-12-9(2)8-10-6-4-5-7-11/h9-11H,3-8H2,1-2H3. The van der Waals surface area contributed by atoms with Gasteiger partial charge in [-0.05, 0) is 33.2 Å². The molecule has 12 heavy (non-hydrogen) atoms. The van der Waals surface area contributed by atoms with Crippen molar-refractivity contribution in [3.8, 4) is 0 Å². The van der Waals surface area contributed by atoms with Crippen LogP contribution in [-0.2, 0) is 4.74 Å². The van der Waals surface area contributed by atoms with Crippen molar-refractivity contribution in [3.63, 3.8) is 0 Å². The predicted octanol–water partition coefficient (Wildman–Crippen LogP) is 0.773. The van der Waals surface area contributed by atoms with Crippen molar-refractivity contribution in [1.29, 1.82) is 0 Å². The number of hydrogen-bond acceptors (Lipinski definition) is 3. The van der Waals surface area contributed by atoms with E-state index in [1.807, 2.05) is 6.92 Å². The predicted molar refractivity (Wildman–Crippen MR) is 50.3 cm³/mol. The molecule has 0 aromatic rings. The summed E-state index contributed by atoms with van der Waals surface area (Å²) in [5.74, 6) is 0. The fraction of sp³-hybridized carbons (Fsp3) is 1.00. The molecule has 0 aliphatic rings. The van der Waals surface area contributed by atoms with Gasteiger partial charge in [0.15, 0.2) is 0 Å². The molecule has 2 N–H and O–H groups in total. The zero-order valence-electron chi connectivity index (χ0n) is 8.18. The second kappa shape index (κ2) is 8.97. The summed E-state index contributed by atoms with van der Waals surface area (Å²) >= 11 is 0. The van der Waals surface area contributed by atoms with E-state index < -0.39 is 0 Å². The Kier molecular flexibility index (Phi) is 8.88. The highest BCUT2D eigenvalue weighted by molar-refractivity contribution is 4.54. The lowest BCUT2D eigenvalue weighted by molar-refractivity contribution is 0.0761. The summed E-state index contributed by atoms with van der Waals surface area (Å²) in [4.78, 5) is 0. The maximum Gasteiger partial charge on any atom is 0.0671 e. The van der Waals surface area contributed by atoms with Crippen molar-refractivity contribution < 1.29 is 9.84 Å². The van der Waals surface area contributed by atoms with Crippen LogP contribution >= 0.6 is 0 Å². The number of hydrogen-bond donors (Lipinski definition) is 2. The Labute approximate surface area is 75.1 Å². The van der Waals surface area contributed by atoms with Crippen LogP contribution in [0.3, 0.4) is 0 Å². The molecule has 3 heteroatoms. The Balaban J connectivity index is 2.97. The van der Waals surface area contributed by atoms with Crippen molar-refractivity contribution in [2.45, 2.75) is 32.8 Å². The molecular formula is C9H21NO2. The molecule has 0 rings (SSSR count). The Morgan fingerprint density at radius 3 is 2.75 bits per heavy atom. The van der Waals surface area contributed by atoms with Gasteiger partial charge in [0.2, 0.25) is 0 Å². The summed E-state index contributed by atoms with van der Waals surface area (Å²) in [5, 5.41) is 11.8. The van der Waals surface area contributed by atoms with E-state index >= 15 is 0 Å². The molecule has 1 unspecified atom stereocenters. The van der Waals surface area contributed by atoms with Crippen LogP contribution < -0.4 is 5.32 Å². The second-order valence-electron chi connectivity index (χ2n) is 2.90. The van der Waals surface area contributed by atoms with E-state index in [0.29, 0.717) is 12.7 Å². The van der Waals surface area contributed by atoms with E-state index in [9.17, 15) is 0 Å². The van der Waals surface area contributed by atoms with Crippen LogP contribution in [0.15, 0.2) is 0 Å². The molecule has 3 nitrogen and oxygen atoms in total. The zero-order chi connectivity index (χ0) is 9.23. The molecule has 0 radical (unpaired) electrons. The topological polar surface area (TPSA) is 41.5 Å². The van der Waals surface area contributed by atoms with Gasteiger partial charge >= 0.3 is 0 Å². The van der Waals surface area contributed by atoms with Crippen molar-refractivity contribution >= 4 is 0 Å². The molecule has 0 spiro atoms. The highest BCUT2D eigenvalue weighted by Gasteiger charge is 1.98. The first kappa shape index (κ1) is 11.9. The second-order valence-corrected chi connectivity index (χ2v) is 2.90. The Bertz CT molecular complexity index is 88.6. The van der Waals surface area contributed by atoms with E-state index in [1.54, 1.807) is 0 Å². The monoisotopic (exact) mass is 175 g/mol. The largest absolute Gasteiger partial charge is 0.396 e. The average Bonchev–Trinajstić information content (AvgIpc) is 2.05. The summed E-state index contributed by atoms with van der Waals surface area (Å²) in [6.45, 7) is 7.00. The van der Waals surface area contributed by atoms with Crippen LogP contribution in [0.4, 0.5) is 0 Å². The van der Waals surface area contributed by atoms with Gasteiger partial charge in [-0.2, -0.15) is 0 Å². The molecule has 0 bridgehead atoms. The van der Waals surface area contributed by atoms with Gasteiger partial charge in [-0.25, -0.2) is 0 Å². The van der Waals surface area contributed by atoms with Crippen LogP contribution in [-0.4, -0.2) is 37.5 Å². The summed E-state index contributed by atoms with van der Waals surface area (Å²) in [5.41, 5.74) is 0. The fourth-order valence-electron chi connectivity index (χ4n) is 1.01. The Morgan fingerprint density at radius 2 is 2.17 bits per heavy atom.